The molecule has 1 amide bonds. The molecule has 22 heavy (non-hydrogen) atoms. The van der Waals surface area contributed by atoms with Crippen LogP contribution in [0.1, 0.15) is 12.5 Å². The van der Waals surface area contributed by atoms with Gasteiger partial charge in [0.2, 0.25) is 0 Å². The summed E-state index contributed by atoms with van der Waals surface area (Å²) in [6.07, 6.45) is 0. The average molecular weight is 297 g/mol. The number of nitrogens with zero attached hydrogens (tertiary/aromatic N) is 1. The number of hydrogen-bond donors (Lipinski definition) is 2. The molecule has 2 rings (SSSR count). The Hall–Kier alpha value is -2.82. The molecule has 0 fully saturated rings. The van der Waals surface area contributed by atoms with Crippen molar-refractivity contribution in [3.05, 3.63) is 60.2 Å². The smallest absolute Gasteiger partial charge is 0.259 e. The van der Waals surface area contributed by atoms with Crippen LogP contribution in [0.4, 0.5) is 5.69 Å². The Morgan fingerprint density at radius 1 is 1.09 bits per heavy atom. The van der Waals surface area contributed by atoms with Crippen LogP contribution < -0.4 is 15.5 Å². The molecular weight excluding hydrogens is 278 g/mol. The lowest BCUT2D eigenvalue weighted by molar-refractivity contribution is -0.119. The number of hydrogen-bond acceptors (Lipinski definition) is 4. The molecule has 0 heterocycles. The van der Waals surface area contributed by atoms with Gasteiger partial charge in [0, 0.05) is 11.3 Å². The standard InChI is InChI=1S/C17H19N3O2/c1-13(15-10-6-7-11-16(15)22-2)19-20-17(21)12-18-14-8-4-3-5-9-14/h3-11,18H,12H2,1-2H3,(H,20,21)/b19-13-. The van der Waals surface area contributed by atoms with Gasteiger partial charge in [0.1, 0.15) is 5.75 Å². The van der Waals surface area contributed by atoms with Gasteiger partial charge in [0.05, 0.1) is 19.4 Å². The molecule has 2 aromatic rings. The summed E-state index contributed by atoms with van der Waals surface area (Å²) in [5.41, 5.74) is 4.96. The van der Waals surface area contributed by atoms with Gasteiger partial charge in [-0.1, -0.05) is 30.3 Å². The topological polar surface area (TPSA) is 62.7 Å². The number of carbonyl (C=O) groups excluding carboxylic acids is 1. The highest BCUT2D eigenvalue weighted by Gasteiger charge is 2.06. The maximum absolute atomic E-state index is 11.8. The van der Waals surface area contributed by atoms with Crippen LogP contribution in [0.2, 0.25) is 0 Å². The number of hydrazone groups is 1. The van der Waals surface area contributed by atoms with E-state index in [1.54, 1.807) is 7.11 Å². The first-order chi connectivity index (χ1) is 10.7. The highest BCUT2D eigenvalue weighted by molar-refractivity contribution is 6.01. The zero-order valence-electron chi connectivity index (χ0n) is 12.7. The molecule has 2 aromatic carbocycles. The summed E-state index contributed by atoms with van der Waals surface area (Å²) >= 11 is 0. The second kappa shape index (κ2) is 7.83. The van der Waals surface area contributed by atoms with Gasteiger partial charge in [-0.2, -0.15) is 5.10 Å². The Balaban J connectivity index is 1.91. The van der Waals surface area contributed by atoms with Gasteiger partial charge < -0.3 is 10.1 Å². The molecule has 0 saturated carbocycles. The summed E-state index contributed by atoms with van der Waals surface area (Å²) in [7, 11) is 1.61. The fourth-order valence-electron chi connectivity index (χ4n) is 1.93. The summed E-state index contributed by atoms with van der Waals surface area (Å²) in [6, 6.07) is 17.1. The fraction of sp³-hybridized carbons (Fsp3) is 0.176. The molecule has 0 aliphatic heterocycles. The normalized spacial score (nSPS) is 10.9. The summed E-state index contributed by atoms with van der Waals surface area (Å²) < 4.78 is 5.27. The van der Waals surface area contributed by atoms with Crippen LogP contribution in [-0.4, -0.2) is 25.3 Å². The summed E-state index contributed by atoms with van der Waals surface area (Å²) in [4.78, 5) is 11.8. The van der Waals surface area contributed by atoms with Gasteiger partial charge in [-0.15, -0.1) is 0 Å². The van der Waals surface area contributed by atoms with Crippen molar-refractivity contribution >= 4 is 17.3 Å². The monoisotopic (exact) mass is 297 g/mol. The minimum atomic E-state index is -0.210. The summed E-state index contributed by atoms with van der Waals surface area (Å²) in [5.74, 6) is 0.513. The van der Waals surface area contributed by atoms with Crippen LogP contribution in [0.5, 0.6) is 5.75 Å². The van der Waals surface area contributed by atoms with Gasteiger partial charge in [-0.25, -0.2) is 5.43 Å². The number of methoxy groups -OCH3 is 1. The van der Waals surface area contributed by atoms with E-state index in [1.165, 1.54) is 0 Å². The predicted molar refractivity (Wildman–Crippen MR) is 88.3 cm³/mol. The molecule has 0 saturated heterocycles. The molecule has 0 unspecified atom stereocenters. The molecule has 2 N–H and O–H groups in total. The summed E-state index contributed by atoms with van der Waals surface area (Å²) in [6.45, 7) is 1.98. The van der Waals surface area contributed by atoms with Crippen molar-refractivity contribution < 1.29 is 9.53 Å². The number of anilines is 1. The van der Waals surface area contributed by atoms with Crippen LogP contribution in [-0.2, 0) is 4.79 Å². The third-order valence-electron chi connectivity index (χ3n) is 3.07. The molecule has 0 aliphatic rings. The Bertz CT molecular complexity index is 654. The third kappa shape index (κ3) is 4.34. The van der Waals surface area contributed by atoms with Crippen molar-refractivity contribution in [3.63, 3.8) is 0 Å². The second-order valence-electron chi connectivity index (χ2n) is 4.65. The van der Waals surface area contributed by atoms with E-state index in [9.17, 15) is 4.79 Å². The zero-order chi connectivity index (χ0) is 15.8. The van der Waals surface area contributed by atoms with Crippen molar-refractivity contribution in [2.75, 3.05) is 19.0 Å². The highest BCUT2D eigenvalue weighted by Crippen LogP contribution is 2.17. The molecule has 5 nitrogen and oxygen atoms in total. The van der Waals surface area contributed by atoms with Crippen LogP contribution in [0.15, 0.2) is 59.7 Å². The average Bonchev–Trinajstić information content (AvgIpc) is 2.58. The van der Waals surface area contributed by atoms with E-state index in [-0.39, 0.29) is 12.5 Å². The maximum Gasteiger partial charge on any atom is 0.259 e. The Morgan fingerprint density at radius 2 is 1.77 bits per heavy atom. The molecule has 5 heteroatoms. The predicted octanol–water partition coefficient (Wildman–Crippen LogP) is 2.65. The number of carbonyl (C=O) groups is 1. The maximum atomic E-state index is 11.8. The Kier molecular flexibility index (Phi) is 5.54. The van der Waals surface area contributed by atoms with E-state index in [0.29, 0.717) is 5.71 Å². The number of ether oxygens (including phenoxy) is 1. The summed E-state index contributed by atoms with van der Waals surface area (Å²) in [5, 5.41) is 7.14. The third-order valence-corrected chi connectivity index (χ3v) is 3.07. The van der Waals surface area contributed by atoms with Gasteiger partial charge in [0.15, 0.2) is 0 Å². The number of para-hydroxylation sites is 2. The number of amides is 1. The van der Waals surface area contributed by atoms with Crippen LogP contribution in [0.25, 0.3) is 0 Å². The molecule has 0 aromatic heterocycles. The largest absolute Gasteiger partial charge is 0.496 e. The second-order valence-corrected chi connectivity index (χ2v) is 4.65. The van der Waals surface area contributed by atoms with E-state index in [2.05, 4.69) is 15.8 Å². The van der Waals surface area contributed by atoms with Crippen LogP contribution in [0.3, 0.4) is 0 Å². The van der Waals surface area contributed by atoms with Crippen LogP contribution >= 0.6 is 0 Å². The van der Waals surface area contributed by atoms with E-state index in [1.807, 2.05) is 61.5 Å². The number of nitrogens with one attached hydrogen (secondary N) is 2. The SMILES string of the molecule is COc1ccccc1/C(C)=N\NC(=O)CNc1ccccc1. The Morgan fingerprint density at radius 3 is 2.50 bits per heavy atom. The van der Waals surface area contributed by atoms with Crippen molar-refractivity contribution in [1.82, 2.24) is 5.43 Å². The number of benzene rings is 2. The number of rotatable bonds is 6. The van der Waals surface area contributed by atoms with Crippen molar-refractivity contribution in [2.45, 2.75) is 6.92 Å². The van der Waals surface area contributed by atoms with Gasteiger partial charge in [0.25, 0.3) is 5.91 Å². The van der Waals surface area contributed by atoms with E-state index < -0.39 is 0 Å². The first-order valence-corrected chi connectivity index (χ1v) is 6.96. The first-order valence-electron chi connectivity index (χ1n) is 6.96. The van der Waals surface area contributed by atoms with Crippen molar-refractivity contribution in [3.8, 4) is 5.75 Å². The molecule has 0 atom stereocenters. The quantitative estimate of drug-likeness (QED) is 0.636. The lowest BCUT2D eigenvalue weighted by atomic mass is 10.1. The van der Waals surface area contributed by atoms with E-state index >= 15 is 0 Å². The van der Waals surface area contributed by atoms with Gasteiger partial charge in [-0.3, -0.25) is 4.79 Å². The molecule has 0 aliphatic carbocycles. The van der Waals surface area contributed by atoms with Crippen LogP contribution in [0, 0.1) is 0 Å². The Labute approximate surface area is 130 Å². The first kappa shape index (κ1) is 15.6. The molecule has 0 spiro atoms. The van der Waals surface area contributed by atoms with Crippen molar-refractivity contribution in [2.24, 2.45) is 5.10 Å². The lowest BCUT2D eigenvalue weighted by Gasteiger charge is -2.08. The molecule has 0 bridgehead atoms. The zero-order valence-corrected chi connectivity index (χ0v) is 12.7. The molecule has 114 valence electrons. The highest BCUT2D eigenvalue weighted by atomic mass is 16.5. The van der Waals surface area contributed by atoms with E-state index in [4.69, 9.17) is 4.74 Å². The van der Waals surface area contributed by atoms with Crippen molar-refractivity contribution in [1.29, 1.82) is 0 Å². The molecule has 0 radical (unpaired) electrons. The minimum Gasteiger partial charge on any atom is -0.496 e. The van der Waals surface area contributed by atoms with Gasteiger partial charge >= 0.3 is 0 Å². The lowest BCUT2D eigenvalue weighted by Crippen LogP contribution is -2.26. The fourth-order valence-corrected chi connectivity index (χ4v) is 1.93. The molecular formula is C17H19N3O2. The van der Waals surface area contributed by atoms with Gasteiger partial charge in [-0.05, 0) is 31.2 Å². The van der Waals surface area contributed by atoms with E-state index in [0.717, 1.165) is 17.0 Å². The minimum absolute atomic E-state index is 0.159.